The Bertz CT molecular complexity index is 696. The second-order valence-electron chi connectivity index (χ2n) is 6.91. The number of hydrogen-bond donors (Lipinski definition) is 1. The van der Waals surface area contributed by atoms with Crippen molar-refractivity contribution in [3.05, 3.63) is 108 Å². The van der Waals surface area contributed by atoms with Crippen molar-refractivity contribution in [1.29, 1.82) is 0 Å². The van der Waals surface area contributed by atoms with Crippen LogP contribution in [0.5, 0.6) is 0 Å². The maximum atomic E-state index is 5.12. The van der Waals surface area contributed by atoms with Crippen molar-refractivity contribution in [1.82, 2.24) is 0 Å². The molecule has 0 aliphatic rings. The van der Waals surface area contributed by atoms with Crippen LogP contribution in [0.2, 0.25) is 0 Å². The molecule has 0 aliphatic carbocycles. The van der Waals surface area contributed by atoms with E-state index in [1.807, 2.05) is 11.8 Å². The molecule has 2 N–H and O–H groups in total. The average Bonchev–Trinajstić information content (AvgIpc) is 2.78. The molecule has 0 saturated heterocycles. The van der Waals surface area contributed by atoms with E-state index in [1.165, 1.54) is 29.5 Å². The molecule has 0 bridgehead atoms. The quantitative estimate of drug-likeness (QED) is 0.241. The minimum absolute atomic E-state index is 0.204. The lowest BCUT2D eigenvalue weighted by Gasteiger charge is -2.35. The zero-order valence-electron chi connectivity index (χ0n) is 16.3. The first-order valence-electron chi connectivity index (χ1n) is 10.00. The number of benzene rings is 3. The molecular weight excluding hydrogens is 362 g/mol. The van der Waals surface area contributed by atoms with Gasteiger partial charge < -0.3 is 4.84 Å². The summed E-state index contributed by atoms with van der Waals surface area (Å²) >= 11 is 2.04. The van der Waals surface area contributed by atoms with E-state index in [9.17, 15) is 0 Å². The Kier molecular flexibility index (Phi) is 8.16. The summed E-state index contributed by atoms with van der Waals surface area (Å²) in [4.78, 5) is 4.67. The van der Waals surface area contributed by atoms with Crippen molar-refractivity contribution in [2.45, 2.75) is 30.4 Å². The molecular formula is C25H29NOS. The van der Waals surface area contributed by atoms with Gasteiger partial charge in [0.05, 0.1) is 11.4 Å². The van der Waals surface area contributed by atoms with Gasteiger partial charge in [-0.2, -0.15) is 0 Å². The van der Waals surface area contributed by atoms with Crippen LogP contribution >= 0.6 is 11.8 Å². The van der Waals surface area contributed by atoms with Gasteiger partial charge in [0.1, 0.15) is 0 Å². The molecule has 3 heteroatoms. The molecule has 0 heterocycles. The summed E-state index contributed by atoms with van der Waals surface area (Å²) in [5.74, 6) is 6.21. The molecule has 0 radical (unpaired) electrons. The van der Waals surface area contributed by atoms with Crippen molar-refractivity contribution in [2.24, 2.45) is 5.90 Å². The van der Waals surface area contributed by atoms with Gasteiger partial charge in [0.15, 0.2) is 0 Å². The first-order valence-corrected chi connectivity index (χ1v) is 11.0. The molecule has 28 heavy (non-hydrogen) atoms. The first-order chi connectivity index (χ1) is 13.9. The third-order valence-corrected chi connectivity index (χ3v) is 6.65. The van der Waals surface area contributed by atoms with E-state index < -0.39 is 0 Å². The standard InChI is InChI=1S/C25H29NOS/c26-27-20-12-1-2-13-21-28-25(22-14-6-3-7-15-22,23-16-8-4-9-17-23)24-18-10-5-11-19-24/h3-11,14-19H,1-2,12-13,20-21,26H2. The zero-order valence-corrected chi connectivity index (χ0v) is 17.1. The van der Waals surface area contributed by atoms with Gasteiger partial charge in [0.25, 0.3) is 0 Å². The Morgan fingerprint density at radius 1 is 0.607 bits per heavy atom. The zero-order chi connectivity index (χ0) is 19.5. The number of nitrogens with two attached hydrogens (primary N) is 1. The van der Waals surface area contributed by atoms with E-state index in [2.05, 4.69) is 95.8 Å². The van der Waals surface area contributed by atoms with Crippen LogP contribution in [-0.4, -0.2) is 12.4 Å². The molecule has 0 amide bonds. The largest absolute Gasteiger partial charge is 0.305 e. The minimum atomic E-state index is -0.204. The molecule has 2 nitrogen and oxygen atoms in total. The van der Waals surface area contributed by atoms with Crippen LogP contribution in [0.3, 0.4) is 0 Å². The third-order valence-electron chi connectivity index (χ3n) is 5.02. The lowest BCUT2D eigenvalue weighted by molar-refractivity contribution is 0.133. The first kappa shape index (κ1) is 20.7. The number of unbranched alkanes of at least 4 members (excludes halogenated alkanes) is 3. The van der Waals surface area contributed by atoms with Gasteiger partial charge in [0, 0.05) is 0 Å². The predicted molar refractivity (Wildman–Crippen MR) is 120 cm³/mol. The second kappa shape index (κ2) is 11.1. The van der Waals surface area contributed by atoms with E-state index in [1.54, 1.807) is 0 Å². The van der Waals surface area contributed by atoms with Gasteiger partial charge in [0.2, 0.25) is 0 Å². The van der Waals surface area contributed by atoms with Gasteiger partial charge in [-0.15, -0.1) is 11.8 Å². The summed E-state index contributed by atoms with van der Waals surface area (Å²) in [5, 5.41) is 0. The highest BCUT2D eigenvalue weighted by atomic mass is 32.2. The highest BCUT2D eigenvalue weighted by molar-refractivity contribution is 8.00. The molecule has 0 saturated carbocycles. The normalized spacial score (nSPS) is 11.5. The number of thioether (sulfide) groups is 1. The maximum absolute atomic E-state index is 5.12. The van der Waals surface area contributed by atoms with Crippen LogP contribution in [0.1, 0.15) is 42.4 Å². The van der Waals surface area contributed by atoms with Crippen LogP contribution in [0.15, 0.2) is 91.0 Å². The summed E-state index contributed by atoms with van der Waals surface area (Å²) < 4.78 is -0.204. The van der Waals surface area contributed by atoms with Crippen molar-refractivity contribution < 1.29 is 4.84 Å². The molecule has 3 aromatic carbocycles. The van der Waals surface area contributed by atoms with E-state index in [0.29, 0.717) is 6.61 Å². The highest BCUT2D eigenvalue weighted by Gasteiger charge is 2.36. The van der Waals surface area contributed by atoms with Crippen molar-refractivity contribution >= 4 is 11.8 Å². The lowest BCUT2D eigenvalue weighted by Crippen LogP contribution is -2.26. The summed E-state index contributed by atoms with van der Waals surface area (Å²) in [7, 11) is 0. The third kappa shape index (κ3) is 5.05. The Labute approximate surface area is 173 Å². The van der Waals surface area contributed by atoms with Gasteiger partial charge in [-0.1, -0.05) is 104 Å². The molecule has 0 aromatic heterocycles. The second-order valence-corrected chi connectivity index (χ2v) is 8.22. The summed E-state index contributed by atoms with van der Waals surface area (Å²) in [6.45, 7) is 0.648. The summed E-state index contributed by atoms with van der Waals surface area (Å²) in [5.41, 5.74) is 3.98. The van der Waals surface area contributed by atoms with Gasteiger partial charge in [-0.05, 0) is 35.3 Å². The van der Waals surface area contributed by atoms with Gasteiger partial charge in [-0.25, -0.2) is 5.90 Å². The Hall–Kier alpha value is -2.07. The van der Waals surface area contributed by atoms with Crippen LogP contribution in [-0.2, 0) is 9.58 Å². The fraction of sp³-hybridized carbons (Fsp3) is 0.280. The molecule has 0 aliphatic heterocycles. The number of rotatable bonds is 11. The Balaban J connectivity index is 1.91. The lowest BCUT2D eigenvalue weighted by atomic mass is 9.84. The van der Waals surface area contributed by atoms with Crippen LogP contribution in [0.25, 0.3) is 0 Å². The number of hydrogen-bond acceptors (Lipinski definition) is 3. The van der Waals surface area contributed by atoms with E-state index in [4.69, 9.17) is 5.90 Å². The Morgan fingerprint density at radius 2 is 1.04 bits per heavy atom. The molecule has 0 unspecified atom stereocenters. The predicted octanol–water partition coefficient (Wildman–Crippen LogP) is 6.16. The summed E-state index contributed by atoms with van der Waals surface area (Å²) in [6.07, 6.45) is 4.57. The van der Waals surface area contributed by atoms with Gasteiger partial charge in [-0.3, -0.25) is 0 Å². The fourth-order valence-corrected chi connectivity index (χ4v) is 5.20. The SMILES string of the molecule is NOCCCCCCSC(c1ccccc1)(c1ccccc1)c1ccccc1. The van der Waals surface area contributed by atoms with E-state index in [-0.39, 0.29) is 4.75 Å². The monoisotopic (exact) mass is 391 g/mol. The molecule has 3 aromatic rings. The fourth-order valence-electron chi connectivity index (χ4n) is 3.63. The van der Waals surface area contributed by atoms with Crippen LogP contribution in [0, 0.1) is 0 Å². The van der Waals surface area contributed by atoms with E-state index in [0.717, 1.165) is 18.6 Å². The van der Waals surface area contributed by atoms with Crippen molar-refractivity contribution in [3.63, 3.8) is 0 Å². The van der Waals surface area contributed by atoms with Crippen molar-refractivity contribution in [2.75, 3.05) is 12.4 Å². The topological polar surface area (TPSA) is 35.2 Å². The Morgan fingerprint density at radius 3 is 1.46 bits per heavy atom. The molecule has 0 spiro atoms. The maximum Gasteiger partial charge on any atom is 0.0906 e. The van der Waals surface area contributed by atoms with Crippen LogP contribution in [0.4, 0.5) is 0 Å². The minimum Gasteiger partial charge on any atom is -0.305 e. The van der Waals surface area contributed by atoms with E-state index >= 15 is 0 Å². The average molecular weight is 392 g/mol. The van der Waals surface area contributed by atoms with Gasteiger partial charge >= 0.3 is 0 Å². The van der Waals surface area contributed by atoms with Crippen LogP contribution < -0.4 is 5.90 Å². The molecule has 146 valence electrons. The highest BCUT2D eigenvalue weighted by Crippen LogP contribution is 2.48. The summed E-state index contributed by atoms with van der Waals surface area (Å²) in [6, 6.07) is 32.7. The van der Waals surface area contributed by atoms with Crippen molar-refractivity contribution in [3.8, 4) is 0 Å². The molecule has 3 rings (SSSR count). The molecule has 0 fully saturated rings. The molecule has 0 atom stereocenters. The smallest absolute Gasteiger partial charge is 0.0906 e.